The summed E-state index contributed by atoms with van der Waals surface area (Å²) in [6.07, 6.45) is 2.63. The number of para-hydroxylation sites is 1. The summed E-state index contributed by atoms with van der Waals surface area (Å²) < 4.78 is 16.5. The van der Waals surface area contributed by atoms with Gasteiger partial charge in [-0.15, -0.1) is 0 Å². The molecule has 0 aliphatic carbocycles. The number of ether oxygens (including phenoxy) is 3. The van der Waals surface area contributed by atoms with E-state index in [1.54, 1.807) is 44.9 Å². The quantitative estimate of drug-likeness (QED) is 0.450. The van der Waals surface area contributed by atoms with Crippen LogP contribution in [-0.4, -0.2) is 76.3 Å². The minimum absolute atomic E-state index is 0.0558. The van der Waals surface area contributed by atoms with E-state index in [1.807, 2.05) is 18.2 Å². The maximum atomic E-state index is 13.8. The molecule has 2 bridgehead atoms. The SMILES string of the molecule is CCOC(C)=O.COC(=O)[C@@H]1C[C@]23CCCN2C(=O)[C@@]1(Cc1cn(C(=O)OC(C)(C)C)c2ccccc12)NC3=O. The number of piperazine rings is 1. The molecule has 0 radical (unpaired) electrons. The summed E-state index contributed by atoms with van der Waals surface area (Å²) in [6, 6.07) is 7.31. The molecule has 11 heteroatoms. The molecule has 1 aromatic carbocycles. The smallest absolute Gasteiger partial charge is 0.419 e. The molecule has 40 heavy (non-hydrogen) atoms. The molecule has 0 saturated carbocycles. The number of hydrogen-bond donors (Lipinski definition) is 1. The molecule has 2 amide bonds. The van der Waals surface area contributed by atoms with Gasteiger partial charge in [-0.05, 0) is 58.6 Å². The number of piperidine rings is 2. The van der Waals surface area contributed by atoms with Crippen molar-refractivity contribution in [1.29, 1.82) is 0 Å². The molecule has 1 spiro atoms. The lowest BCUT2D eigenvalue weighted by molar-refractivity contribution is -0.182. The van der Waals surface area contributed by atoms with Gasteiger partial charge in [0.1, 0.15) is 16.7 Å². The topological polar surface area (TPSA) is 133 Å². The Bertz CT molecular complexity index is 1360. The summed E-state index contributed by atoms with van der Waals surface area (Å²) in [5.41, 5.74) is -1.86. The van der Waals surface area contributed by atoms with Gasteiger partial charge in [0.05, 0.1) is 25.2 Å². The molecule has 216 valence electrons. The van der Waals surface area contributed by atoms with Crippen molar-refractivity contribution in [3.8, 4) is 0 Å². The fourth-order valence-corrected chi connectivity index (χ4v) is 6.10. The number of methoxy groups -OCH3 is 1. The van der Waals surface area contributed by atoms with Crippen LogP contribution in [-0.2, 0) is 39.8 Å². The highest BCUT2D eigenvalue weighted by atomic mass is 16.6. The molecule has 6 rings (SSSR count). The monoisotopic (exact) mass is 555 g/mol. The first-order valence-electron chi connectivity index (χ1n) is 13.5. The number of carbonyl (C=O) groups excluding carboxylic acids is 5. The predicted molar refractivity (Wildman–Crippen MR) is 144 cm³/mol. The van der Waals surface area contributed by atoms with Gasteiger partial charge in [0, 0.05) is 31.5 Å². The van der Waals surface area contributed by atoms with E-state index >= 15 is 0 Å². The lowest BCUT2D eigenvalue weighted by Crippen LogP contribution is -2.83. The van der Waals surface area contributed by atoms with E-state index in [2.05, 4.69) is 10.1 Å². The van der Waals surface area contributed by atoms with Crippen LogP contribution in [0.3, 0.4) is 0 Å². The van der Waals surface area contributed by atoms with E-state index in [1.165, 1.54) is 18.6 Å². The van der Waals surface area contributed by atoms with Crippen molar-refractivity contribution in [2.45, 2.75) is 77.0 Å². The van der Waals surface area contributed by atoms with Gasteiger partial charge in [0.2, 0.25) is 11.8 Å². The van der Waals surface area contributed by atoms with Crippen LogP contribution in [0.5, 0.6) is 0 Å². The van der Waals surface area contributed by atoms with Crippen molar-refractivity contribution < 1.29 is 38.2 Å². The van der Waals surface area contributed by atoms with Crippen LogP contribution >= 0.6 is 0 Å². The number of nitrogens with zero attached hydrogens (tertiary/aromatic N) is 2. The van der Waals surface area contributed by atoms with Crippen molar-refractivity contribution in [2.75, 3.05) is 20.3 Å². The zero-order chi connectivity index (χ0) is 29.5. The van der Waals surface area contributed by atoms with E-state index < -0.39 is 34.7 Å². The molecule has 5 heterocycles. The Morgan fingerprint density at radius 1 is 1.15 bits per heavy atom. The van der Waals surface area contributed by atoms with Gasteiger partial charge in [0.15, 0.2) is 0 Å². The molecule has 4 aliphatic rings. The van der Waals surface area contributed by atoms with Crippen LogP contribution < -0.4 is 5.32 Å². The third-order valence-corrected chi connectivity index (χ3v) is 7.70. The summed E-state index contributed by atoms with van der Waals surface area (Å²) in [4.78, 5) is 64.4. The maximum Gasteiger partial charge on any atom is 0.419 e. The van der Waals surface area contributed by atoms with E-state index in [4.69, 9.17) is 9.47 Å². The van der Waals surface area contributed by atoms with E-state index in [0.29, 0.717) is 37.1 Å². The number of aromatic nitrogens is 1. The van der Waals surface area contributed by atoms with Gasteiger partial charge < -0.3 is 24.4 Å². The van der Waals surface area contributed by atoms with Crippen molar-refractivity contribution in [2.24, 2.45) is 5.92 Å². The van der Waals surface area contributed by atoms with Gasteiger partial charge in [0.25, 0.3) is 0 Å². The highest BCUT2D eigenvalue weighted by Gasteiger charge is 2.70. The van der Waals surface area contributed by atoms with Crippen LogP contribution in [0.1, 0.15) is 59.4 Å². The first kappa shape index (κ1) is 29.1. The zero-order valence-electron chi connectivity index (χ0n) is 23.9. The predicted octanol–water partition coefficient (Wildman–Crippen LogP) is 2.96. The standard InChI is InChI=1S/C25H29N3O6.C4H8O2/c1-23(2,3)34-22(32)27-14-15(16-8-5-6-9-18(16)27)12-25-17(19(29)33-4)13-24(20(30)26-25)10-7-11-28(24)21(25)31;1-3-6-4(2)5/h5-6,8-9,14,17H,7,10-13H2,1-4H3,(H,26,30);3H2,1-2H3/t17-,24-,25-;/m0./s1. The molecule has 4 aliphatic heterocycles. The van der Waals surface area contributed by atoms with Crippen LogP contribution in [0.4, 0.5) is 4.79 Å². The van der Waals surface area contributed by atoms with Crippen molar-refractivity contribution >= 4 is 40.7 Å². The van der Waals surface area contributed by atoms with Crippen LogP contribution in [0.2, 0.25) is 0 Å². The normalized spacial score (nSPS) is 25.1. The molecule has 1 aromatic heterocycles. The number of esters is 2. The van der Waals surface area contributed by atoms with Crippen LogP contribution in [0.25, 0.3) is 10.9 Å². The van der Waals surface area contributed by atoms with Gasteiger partial charge in [-0.2, -0.15) is 0 Å². The van der Waals surface area contributed by atoms with E-state index in [0.717, 1.165) is 5.39 Å². The van der Waals surface area contributed by atoms with Crippen LogP contribution in [0.15, 0.2) is 30.5 Å². The molecule has 4 saturated heterocycles. The van der Waals surface area contributed by atoms with Crippen molar-refractivity contribution in [3.63, 3.8) is 0 Å². The Labute approximate surface area is 233 Å². The Morgan fingerprint density at radius 2 is 1.85 bits per heavy atom. The summed E-state index contributed by atoms with van der Waals surface area (Å²) >= 11 is 0. The number of hydrogen-bond acceptors (Lipinski definition) is 8. The Kier molecular flexibility index (Phi) is 7.70. The average molecular weight is 556 g/mol. The van der Waals surface area contributed by atoms with E-state index in [9.17, 15) is 24.0 Å². The van der Waals surface area contributed by atoms with Crippen LogP contribution in [0, 0.1) is 5.92 Å². The number of benzene rings is 1. The summed E-state index contributed by atoms with van der Waals surface area (Å²) in [5.74, 6) is -2.03. The van der Waals surface area contributed by atoms with E-state index in [-0.39, 0.29) is 30.6 Å². The molecule has 4 fully saturated rings. The fraction of sp³-hybridized carbons (Fsp3) is 0.552. The van der Waals surface area contributed by atoms with Crippen molar-refractivity contribution in [1.82, 2.24) is 14.8 Å². The Morgan fingerprint density at radius 3 is 2.45 bits per heavy atom. The number of rotatable bonds is 4. The first-order valence-corrected chi connectivity index (χ1v) is 13.5. The van der Waals surface area contributed by atoms with Gasteiger partial charge in [-0.25, -0.2) is 4.79 Å². The molecule has 3 atom stereocenters. The number of fused-ring (bicyclic) bond motifs is 3. The number of carbonyl (C=O) groups is 5. The lowest BCUT2D eigenvalue weighted by atomic mass is 9.63. The molecule has 2 aromatic rings. The Balaban J connectivity index is 0.000000557. The Hall–Kier alpha value is -3.89. The number of nitrogens with one attached hydrogen (secondary N) is 1. The van der Waals surface area contributed by atoms with Gasteiger partial charge in [-0.3, -0.25) is 23.7 Å². The molecule has 1 N–H and O–H groups in total. The average Bonchev–Trinajstić information content (AvgIpc) is 3.47. The molecular weight excluding hydrogens is 518 g/mol. The largest absolute Gasteiger partial charge is 0.469 e. The number of amides is 2. The summed E-state index contributed by atoms with van der Waals surface area (Å²) in [7, 11) is 1.29. The second-order valence-electron chi connectivity index (χ2n) is 11.4. The minimum atomic E-state index is -1.47. The second kappa shape index (κ2) is 10.6. The van der Waals surface area contributed by atoms with Crippen molar-refractivity contribution in [3.05, 3.63) is 36.0 Å². The first-order chi connectivity index (χ1) is 18.8. The third kappa shape index (κ3) is 4.93. The zero-order valence-corrected chi connectivity index (χ0v) is 23.9. The lowest BCUT2D eigenvalue weighted by Gasteiger charge is -2.58. The van der Waals surface area contributed by atoms with Gasteiger partial charge >= 0.3 is 18.0 Å². The molecular formula is C29H37N3O8. The minimum Gasteiger partial charge on any atom is -0.469 e. The maximum absolute atomic E-state index is 13.8. The highest BCUT2D eigenvalue weighted by Crippen LogP contribution is 2.50. The summed E-state index contributed by atoms with van der Waals surface area (Å²) in [6.45, 7) is 9.51. The van der Waals surface area contributed by atoms with Gasteiger partial charge in [-0.1, -0.05) is 18.2 Å². The summed E-state index contributed by atoms with van der Waals surface area (Å²) in [5, 5.41) is 3.69. The third-order valence-electron chi connectivity index (χ3n) is 7.70. The second-order valence-corrected chi connectivity index (χ2v) is 11.4. The fourth-order valence-electron chi connectivity index (χ4n) is 6.10. The molecule has 11 nitrogen and oxygen atoms in total. The highest BCUT2D eigenvalue weighted by molar-refractivity contribution is 6.08. The molecule has 0 unspecified atom stereocenters.